The molecule has 0 atom stereocenters. The topological polar surface area (TPSA) is 153 Å². The number of carboxylic acids is 1. The maximum absolute atomic E-state index is 12.4. The second-order valence-electron chi connectivity index (χ2n) is 7.38. The molecule has 0 aromatic carbocycles. The Morgan fingerprint density at radius 2 is 1.38 bits per heavy atom. The predicted molar refractivity (Wildman–Crippen MR) is 99.5 cm³/mol. The van der Waals surface area contributed by atoms with Crippen molar-refractivity contribution in [1.82, 2.24) is 20.0 Å². The molecule has 0 saturated carbocycles. The van der Waals surface area contributed by atoms with E-state index in [1.807, 2.05) is 14.7 Å². The number of aliphatic hydroxyl groups excluding tert-OH is 3. The molecule has 0 spiro atoms. The Balaban J connectivity index is 0.000000179. The molecule has 0 radical (unpaired) electrons. The molecule has 4 aliphatic rings. The highest BCUT2D eigenvalue weighted by molar-refractivity contribution is 6.22. The van der Waals surface area contributed by atoms with Gasteiger partial charge in [0.25, 0.3) is 0 Å². The number of Topliss-reactive ketones (excluding diaryl/α,β-unsaturated/α-hetero) is 1. The minimum Gasteiger partial charge on any atom is -0.480 e. The Labute approximate surface area is 167 Å². The van der Waals surface area contributed by atoms with Crippen molar-refractivity contribution in [1.29, 1.82) is 0 Å². The molecule has 0 unspecified atom stereocenters. The van der Waals surface area contributed by atoms with E-state index in [1.54, 1.807) is 0 Å². The molecule has 11 heteroatoms. The van der Waals surface area contributed by atoms with Crippen molar-refractivity contribution in [2.75, 3.05) is 65.6 Å². The van der Waals surface area contributed by atoms with Gasteiger partial charge in [-0.15, -0.1) is 0 Å². The van der Waals surface area contributed by atoms with Crippen LogP contribution in [0.3, 0.4) is 0 Å². The number of hydrogen-bond acceptors (Lipinski definition) is 10. The molecule has 3 fully saturated rings. The van der Waals surface area contributed by atoms with Crippen LogP contribution in [0.25, 0.3) is 0 Å². The normalized spacial score (nSPS) is 20.4. The highest BCUT2D eigenvalue weighted by Gasteiger charge is 2.43. The second-order valence-corrected chi connectivity index (χ2v) is 7.38. The molecule has 0 aromatic rings. The number of aliphatic hydroxyl groups is 3. The number of carboxylic acid groups (broad SMARTS) is 1. The zero-order valence-corrected chi connectivity index (χ0v) is 16.0. The van der Waals surface area contributed by atoms with E-state index in [0.717, 1.165) is 39.3 Å². The maximum Gasteiger partial charge on any atom is 0.317 e. The molecule has 160 valence electrons. The average Bonchev–Trinajstić information content (AvgIpc) is 3.57. The number of hydrogen-bond donors (Lipinski definition) is 5. The van der Waals surface area contributed by atoms with Crippen molar-refractivity contribution < 1.29 is 34.8 Å². The van der Waals surface area contributed by atoms with Gasteiger partial charge in [0.2, 0.25) is 11.6 Å². The van der Waals surface area contributed by atoms with E-state index in [1.165, 1.54) is 6.08 Å². The first-order valence-electron chi connectivity index (χ1n) is 9.45. The van der Waals surface area contributed by atoms with Crippen molar-refractivity contribution >= 4 is 17.5 Å². The monoisotopic (exact) mass is 410 g/mol. The first-order valence-corrected chi connectivity index (χ1v) is 9.45. The molecule has 4 rings (SSSR count). The van der Waals surface area contributed by atoms with E-state index in [2.05, 4.69) is 5.32 Å². The molecule has 3 heterocycles. The lowest BCUT2D eigenvalue weighted by Crippen LogP contribution is -2.56. The minimum atomic E-state index is -1.31. The number of carbonyl (C=O) groups excluding carboxylic acids is 2. The number of nitrogens with one attached hydrogen (secondary N) is 1. The predicted octanol–water partition coefficient (Wildman–Crippen LogP) is -3.44. The molecule has 0 amide bonds. The summed E-state index contributed by atoms with van der Waals surface area (Å²) < 4.78 is 0. The Morgan fingerprint density at radius 1 is 0.897 bits per heavy atom. The van der Waals surface area contributed by atoms with Crippen LogP contribution in [0.4, 0.5) is 0 Å². The number of ketones is 2. The zero-order chi connectivity index (χ0) is 21.2. The van der Waals surface area contributed by atoms with Gasteiger partial charge in [-0.2, -0.15) is 0 Å². The third-order valence-corrected chi connectivity index (χ3v) is 5.01. The van der Waals surface area contributed by atoms with Crippen LogP contribution in [-0.4, -0.2) is 124 Å². The van der Waals surface area contributed by atoms with Gasteiger partial charge < -0.3 is 35.1 Å². The summed E-state index contributed by atoms with van der Waals surface area (Å²) in [6, 6.07) is 0. The van der Waals surface area contributed by atoms with E-state index in [0.29, 0.717) is 17.1 Å². The van der Waals surface area contributed by atoms with Gasteiger partial charge in [-0.05, 0) is 0 Å². The Morgan fingerprint density at radius 3 is 1.79 bits per heavy atom. The lowest BCUT2D eigenvalue weighted by atomic mass is 10.0. The Bertz CT molecular complexity index is 739. The third-order valence-electron chi connectivity index (χ3n) is 5.01. The summed E-state index contributed by atoms with van der Waals surface area (Å²) >= 11 is 0. The lowest BCUT2D eigenvalue weighted by Gasteiger charge is -2.27. The molecule has 0 aromatic heterocycles. The van der Waals surface area contributed by atoms with E-state index >= 15 is 0 Å². The van der Waals surface area contributed by atoms with Gasteiger partial charge in [0, 0.05) is 45.3 Å². The summed E-state index contributed by atoms with van der Waals surface area (Å²) in [5.74, 6) is -1.07. The number of carbonyl (C=O) groups is 3. The van der Waals surface area contributed by atoms with E-state index < -0.39 is 37.9 Å². The molecule has 3 saturated heterocycles. The van der Waals surface area contributed by atoms with Crippen LogP contribution in [0.15, 0.2) is 23.2 Å². The maximum atomic E-state index is 12.4. The quantitative estimate of drug-likeness (QED) is 0.191. The van der Waals surface area contributed by atoms with Crippen LogP contribution in [0.1, 0.15) is 0 Å². The van der Waals surface area contributed by atoms with Crippen LogP contribution < -0.4 is 5.32 Å². The Hall–Kier alpha value is -2.47. The second kappa shape index (κ2) is 8.49. The molecule has 11 nitrogen and oxygen atoms in total. The fraction of sp³-hybridized carbons (Fsp3) is 0.611. The van der Waals surface area contributed by atoms with Crippen LogP contribution >= 0.6 is 0 Å². The number of nitrogens with zero attached hydrogens (tertiary/aromatic N) is 3. The summed E-state index contributed by atoms with van der Waals surface area (Å²) in [6.45, 7) is 3.43. The van der Waals surface area contributed by atoms with Crippen LogP contribution in [0.2, 0.25) is 0 Å². The number of allylic oxidation sites excluding steroid dienone is 1. The molecule has 0 bridgehead atoms. The summed E-state index contributed by atoms with van der Waals surface area (Å²) in [7, 11) is 0. The third kappa shape index (κ3) is 4.93. The first-order chi connectivity index (χ1) is 13.9. The van der Waals surface area contributed by atoms with Crippen molar-refractivity contribution in [2.24, 2.45) is 0 Å². The zero-order valence-electron chi connectivity index (χ0n) is 16.0. The van der Waals surface area contributed by atoms with Gasteiger partial charge in [0.05, 0.1) is 37.6 Å². The van der Waals surface area contributed by atoms with Crippen LogP contribution in [0.5, 0.6) is 0 Å². The highest BCUT2D eigenvalue weighted by atomic mass is 16.4. The lowest BCUT2D eigenvalue weighted by molar-refractivity contribution is -0.136. The van der Waals surface area contributed by atoms with Gasteiger partial charge in [-0.25, -0.2) is 0 Å². The van der Waals surface area contributed by atoms with E-state index in [9.17, 15) is 14.4 Å². The largest absolute Gasteiger partial charge is 0.480 e. The highest BCUT2D eigenvalue weighted by Crippen LogP contribution is 2.33. The van der Waals surface area contributed by atoms with Gasteiger partial charge in [-0.3, -0.25) is 19.7 Å². The smallest absolute Gasteiger partial charge is 0.317 e. The van der Waals surface area contributed by atoms with Gasteiger partial charge >= 0.3 is 5.97 Å². The van der Waals surface area contributed by atoms with E-state index in [-0.39, 0.29) is 11.6 Å². The first kappa shape index (κ1) is 21.2. The standard InChI is InChI=1S/C12H13N3O2.C6H13NO5/c16-9-7-8(13-1-2-13)12(17)11(15-5-6-15)10(9)14-3-4-14;8-2-6(3-9,4-10)7-1-5(11)12/h7H,1-6H2;7-10H,1-4H2,(H,11,12). The van der Waals surface area contributed by atoms with Crippen molar-refractivity contribution in [2.45, 2.75) is 5.54 Å². The summed E-state index contributed by atoms with van der Waals surface area (Å²) in [5.41, 5.74) is 0.579. The number of aliphatic carboxylic acids is 1. The molecule has 5 N–H and O–H groups in total. The van der Waals surface area contributed by atoms with Gasteiger partial charge in [0.15, 0.2) is 0 Å². The minimum absolute atomic E-state index is 0.00546. The fourth-order valence-corrected chi connectivity index (χ4v) is 2.86. The van der Waals surface area contributed by atoms with Crippen LogP contribution in [0, 0.1) is 0 Å². The number of rotatable bonds is 9. The molecule has 29 heavy (non-hydrogen) atoms. The van der Waals surface area contributed by atoms with E-state index in [4.69, 9.17) is 20.4 Å². The van der Waals surface area contributed by atoms with Gasteiger partial charge in [-0.1, -0.05) is 0 Å². The van der Waals surface area contributed by atoms with Crippen molar-refractivity contribution in [3.63, 3.8) is 0 Å². The summed E-state index contributed by atoms with van der Waals surface area (Å²) in [6.07, 6.45) is 1.52. The van der Waals surface area contributed by atoms with Crippen LogP contribution in [-0.2, 0) is 14.4 Å². The summed E-state index contributed by atoms with van der Waals surface area (Å²) in [4.78, 5) is 40.6. The molecular formula is C18H26N4O7. The van der Waals surface area contributed by atoms with Crippen molar-refractivity contribution in [3.05, 3.63) is 23.2 Å². The molecule has 1 aliphatic carbocycles. The Kier molecular flexibility index (Phi) is 6.22. The fourth-order valence-electron chi connectivity index (χ4n) is 2.86. The molecule has 3 aliphatic heterocycles. The van der Waals surface area contributed by atoms with Gasteiger partial charge in [0.1, 0.15) is 11.4 Å². The van der Waals surface area contributed by atoms with Crippen molar-refractivity contribution in [3.8, 4) is 0 Å². The summed E-state index contributed by atoms with van der Waals surface area (Å²) in [5, 5.41) is 36.7. The molecular weight excluding hydrogens is 384 g/mol. The average molecular weight is 410 g/mol. The SMILES string of the molecule is O=C(O)CNC(CO)(CO)CO.O=C1C=C(N2CC2)C(=O)C(N2CC2)=C1N1CC1.